The predicted molar refractivity (Wildman–Crippen MR) is 66.5 cm³/mol. The van der Waals surface area contributed by atoms with E-state index in [1.807, 2.05) is 19.9 Å². The van der Waals surface area contributed by atoms with Gasteiger partial charge in [-0.1, -0.05) is 12.1 Å². The Morgan fingerprint density at radius 3 is 2.83 bits per heavy atom. The summed E-state index contributed by atoms with van der Waals surface area (Å²) in [5.74, 6) is 0.770. The highest BCUT2D eigenvalue weighted by Gasteiger charge is 2.15. The number of hydrogen-bond acceptors (Lipinski definition) is 4. The largest absolute Gasteiger partial charge is 0.339 e. The molecule has 0 saturated carbocycles. The van der Waals surface area contributed by atoms with E-state index in [-0.39, 0.29) is 11.7 Å². The van der Waals surface area contributed by atoms with Gasteiger partial charge in [0.1, 0.15) is 5.82 Å². The molecule has 0 aliphatic heterocycles. The normalized spacial score (nSPS) is 12.7. The van der Waals surface area contributed by atoms with Gasteiger partial charge >= 0.3 is 0 Å². The second-order valence-corrected chi connectivity index (χ2v) is 4.45. The van der Waals surface area contributed by atoms with Crippen LogP contribution in [-0.2, 0) is 0 Å². The quantitative estimate of drug-likeness (QED) is 0.904. The van der Waals surface area contributed by atoms with Crippen LogP contribution in [0.2, 0.25) is 0 Å². The van der Waals surface area contributed by atoms with Crippen molar-refractivity contribution in [3.8, 4) is 11.4 Å². The standard InChI is InChI=1S/C13H16FN3O/c1-8-5-10(7-11(14)6-8)12-16-13(18-17-12)9(2)3-4-15/h5-7,9H,3-4,15H2,1-2H3. The number of hydrogen-bond donors (Lipinski definition) is 1. The molecule has 5 heteroatoms. The lowest BCUT2D eigenvalue weighted by Crippen LogP contribution is -2.04. The van der Waals surface area contributed by atoms with Crippen molar-refractivity contribution in [2.75, 3.05) is 6.54 Å². The van der Waals surface area contributed by atoms with Gasteiger partial charge in [-0.25, -0.2) is 4.39 Å². The van der Waals surface area contributed by atoms with E-state index in [0.717, 1.165) is 12.0 Å². The lowest BCUT2D eigenvalue weighted by Gasteiger charge is -2.01. The van der Waals surface area contributed by atoms with Crippen molar-refractivity contribution in [2.24, 2.45) is 5.73 Å². The fraction of sp³-hybridized carbons (Fsp3) is 0.385. The minimum atomic E-state index is -0.300. The van der Waals surface area contributed by atoms with Gasteiger partial charge in [0.15, 0.2) is 0 Å². The number of aromatic nitrogens is 2. The van der Waals surface area contributed by atoms with Crippen LogP contribution in [0.5, 0.6) is 0 Å². The van der Waals surface area contributed by atoms with Crippen molar-refractivity contribution in [1.29, 1.82) is 0 Å². The number of benzene rings is 1. The Labute approximate surface area is 105 Å². The molecule has 0 radical (unpaired) electrons. The van der Waals surface area contributed by atoms with Gasteiger partial charge in [0, 0.05) is 11.5 Å². The van der Waals surface area contributed by atoms with Gasteiger partial charge in [-0.15, -0.1) is 0 Å². The van der Waals surface area contributed by atoms with Gasteiger partial charge in [-0.2, -0.15) is 4.98 Å². The molecular weight excluding hydrogens is 233 g/mol. The molecule has 0 amide bonds. The zero-order valence-electron chi connectivity index (χ0n) is 10.5. The Kier molecular flexibility index (Phi) is 3.72. The average molecular weight is 249 g/mol. The first-order chi connectivity index (χ1) is 8.60. The number of nitrogens with two attached hydrogens (primary N) is 1. The van der Waals surface area contributed by atoms with E-state index in [0.29, 0.717) is 23.8 Å². The Morgan fingerprint density at radius 1 is 1.39 bits per heavy atom. The topological polar surface area (TPSA) is 64.9 Å². The van der Waals surface area contributed by atoms with E-state index in [1.165, 1.54) is 12.1 Å². The van der Waals surface area contributed by atoms with Gasteiger partial charge < -0.3 is 10.3 Å². The molecule has 0 aliphatic rings. The monoisotopic (exact) mass is 249 g/mol. The fourth-order valence-corrected chi connectivity index (χ4v) is 1.79. The van der Waals surface area contributed by atoms with Gasteiger partial charge in [0.25, 0.3) is 0 Å². The smallest absolute Gasteiger partial charge is 0.229 e. The van der Waals surface area contributed by atoms with Crippen LogP contribution in [0.1, 0.15) is 30.7 Å². The van der Waals surface area contributed by atoms with E-state index < -0.39 is 0 Å². The lowest BCUT2D eigenvalue weighted by atomic mass is 10.1. The Morgan fingerprint density at radius 2 is 2.17 bits per heavy atom. The Hall–Kier alpha value is -1.75. The van der Waals surface area contributed by atoms with E-state index in [9.17, 15) is 4.39 Å². The van der Waals surface area contributed by atoms with Gasteiger partial charge in [0.2, 0.25) is 11.7 Å². The molecule has 1 unspecified atom stereocenters. The molecule has 0 saturated heterocycles. The van der Waals surface area contributed by atoms with Crippen LogP contribution in [0, 0.1) is 12.7 Å². The zero-order chi connectivity index (χ0) is 13.1. The molecule has 0 fully saturated rings. The average Bonchev–Trinajstić information content (AvgIpc) is 2.77. The van der Waals surface area contributed by atoms with Gasteiger partial charge in [-0.3, -0.25) is 0 Å². The first-order valence-electron chi connectivity index (χ1n) is 5.91. The van der Waals surface area contributed by atoms with Crippen molar-refractivity contribution in [3.63, 3.8) is 0 Å². The zero-order valence-corrected chi connectivity index (χ0v) is 10.5. The maximum atomic E-state index is 13.3. The number of nitrogens with zero attached hydrogens (tertiary/aromatic N) is 2. The van der Waals surface area contributed by atoms with Crippen molar-refractivity contribution in [3.05, 3.63) is 35.5 Å². The second-order valence-electron chi connectivity index (χ2n) is 4.45. The molecule has 0 spiro atoms. The SMILES string of the molecule is Cc1cc(F)cc(-c2noc(C(C)CCN)n2)c1. The molecule has 1 atom stereocenters. The Balaban J connectivity index is 2.29. The van der Waals surface area contributed by atoms with E-state index in [2.05, 4.69) is 10.1 Å². The summed E-state index contributed by atoms with van der Waals surface area (Å²) in [5, 5.41) is 3.88. The van der Waals surface area contributed by atoms with Crippen LogP contribution in [-0.4, -0.2) is 16.7 Å². The molecule has 1 aromatic heterocycles. The fourth-order valence-electron chi connectivity index (χ4n) is 1.79. The Bertz CT molecular complexity index is 519. The summed E-state index contributed by atoms with van der Waals surface area (Å²) >= 11 is 0. The third-order valence-electron chi connectivity index (χ3n) is 2.76. The molecule has 4 nitrogen and oxygen atoms in total. The first-order valence-corrected chi connectivity index (χ1v) is 5.91. The second kappa shape index (κ2) is 5.27. The molecular formula is C13H16FN3O. The minimum absolute atomic E-state index is 0.117. The molecule has 2 N–H and O–H groups in total. The summed E-state index contributed by atoms with van der Waals surface area (Å²) in [5.41, 5.74) is 6.94. The van der Waals surface area contributed by atoms with E-state index in [1.54, 1.807) is 0 Å². The van der Waals surface area contributed by atoms with Crippen molar-refractivity contribution < 1.29 is 8.91 Å². The molecule has 0 bridgehead atoms. The predicted octanol–water partition coefficient (Wildman–Crippen LogP) is 2.64. The first kappa shape index (κ1) is 12.7. The molecule has 0 aliphatic carbocycles. The highest BCUT2D eigenvalue weighted by Crippen LogP contribution is 2.22. The molecule has 96 valence electrons. The summed E-state index contributed by atoms with van der Waals surface area (Å²) in [7, 11) is 0. The molecule has 1 aromatic carbocycles. The summed E-state index contributed by atoms with van der Waals surface area (Å²) in [6, 6.07) is 4.68. The van der Waals surface area contributed by atoms with Crippen LogP contribution in [0.3, 0.4) is 0 Å². The summed E-state index contributed by atoms with van der Waals surface area (Å²) in [6.45, 7) is 4.36. The van der Waals surface area contributed by atoms with Crippen molar-refractivity contribution in [2.45, 2.75) is 26.2 Å². The molecule has 2 aromatic rings. The van der Waals surface area contributed by atoms with Crippen molar-refractivity contribution in [1.82, 2.24) is 10.1 Å². The van der Waals surface area contributed by atoms with Crippen LogP contribution >= 0.6 is 0 Å². The van der Waals surface area contributed by atoms with Crippen molar-refractivity contribution >= 4 is 0 Å². The number of halogens is 1. The number of aryl methyl sites for hydroxylation is 1. The summed E-state index contributed by atoms with van der Waals surface area (Å²) in [4.78, 5) is 4.28. The van der Waals surface area contributed by atoms with E-state index >= 15 is 0 Å². The number of rotatable bonds is 4. The van der Waals surface area contributed by atoms with Crippen LogP contribution < -0.4 is 5.73 Å². The third kappa shape index (κ3) is 2.73. The molecule has 18 heavy (non-hydrogen) atoms. The highest BCUT2D eigenvalue weighted by atomic mass is 19.1. The third-order valence-corrected chi connectivity index (χ3v) is 2.76. The summed E-state index contributed by atoms with van der Waals surface area (Å²) < 4.78 is 18.5. The minimum Gasteiger partial charge on any atom is -0.339 e. The van der Waals surface area contributed by atoms with Gasteiger partial charge in [0.05, 0.1) is 0 Å². The lowest BCUT2D eigenvalue weighted by molar-refractivity contribution is 0.355. The maximum Gasteiger partial charge on any atom is 0.229 e. The maximum absolute atomic E-state index is 13.3. The van der Waals surface area contributed by atoms with E-state index in [4.69, 9.17) is 10.3 Å². The van der Waals surface area contributed by atoms with Gasteiger partial charge in [-0.05, 0) is 43.7 Å². The van der Waals surface area contributed by atoms with Crippen LogP contribution in [0.15, 0.2) is 22.7 Å². The highest BCUT2D eigenvalue weighted by molar-refractivity contribution is 5.55. The molecule has 2 rings (SSSR count). The van der Waals surface area contributed by atoms with Crippen LogP contribution in [0.4, 0.5) is 4.39 Å². The molecule has 1 heterocycles. The summed E-state index contributed by atoms with van der Waals surface area (Å²) in [6.07, 6.45) is 0.782. The van der Waals surface area contributed by atoms with Crippen LogP contribution in [0.25, 0.3) is 11.4 Å².